The summed E-state index contributed by atoms with van der Waals surface area (Å²) in [5.74, 6) is 0. The molecule has 0 aromatic heterocycles. The Hall–Kier alpha value is -0.820. The van der Waals surface area contributed by atoms with Crippen LogP contribution in [0.3, 0.4) is 0 Å². The van der Waals surface area contributed by atoms with Gasteiger partial charge in [0.1, 0.15) is 0 Å². The lowest BCUT2D eigenvalue weighted by molar-refractivity contribution is 0.411. The third-order valence-electron chi connectivity index (χ3n) is 2.89. The Labute approximate surface area is 92.9 Å². The molecular weight excluding hydrogens is 182 g/mol. The fourth-order valence-electron chi connectivity index (χ4n) is 2.26. The van der Waals surface area contributed by atoms with Gasteiger partial charge in [-0.15, -0.1) is 0 Å². The van der Waals surface area contributed by atoms with Crippen molar-refractivity contribution in [2.45, 2.75) is 40.2 Å². The highest BCUT2D eigenvalue weighted by molar-refractivity contribution is 5.34. The van der Waals surface area contributed by atoms with Gasteiger partial charge in [-0.3, -0.25) is 0 Å². The highest BCUT2D eigenvalue weighted by Gasteiger charge is 2.13. The first-order valence-corrected chi connectivity index (χ1v) is 5.86. The van der Waals surface area contributed by atoms with Crippen LogP contribution in [0.1, 0.15) is 37.5 Å². The van der Waals surface area contributed by atoms with Crippen LogP contribution in [-0.4, -0.2) is 6.54 Å². The molecule has 1 nitrogen and oxygen atoms in total. The molecule has 15 heavy (non-hydrogen) atoms. The molecule has 0 bridgehead atoms. The van der Waals surface area contributed by atoms with Crippen LogP contribution < -0.4 is 5.32 Å². The SMILES string of the molecule is CC(C)(C)Cc1ccc2c(c1)CNCC2. The quantitative estimate of drug-likeness (QED) is 0.740. The largest absolute Gasteiger partial charge is 0.312 e. The van der Waals surface area contributed by atoms with E-state index in [1.54, 1.807) is 0 Å². The molecule has 1 aliphatic rings. The van der Waals surface area contributed by atoms with Gasteiger partial charge in [0, 0.05) is 6.54 Å². The average Bonchev–Trinajstić information content (AvgIpc) is 2.15. The Kier molecular flexibility index (Phi) is 2.83. The minimum atomic E-state index is 0.385. The molecule has 0 saturated heterocycles. The van der Waals surface area contributed by atoms with Crippen molar-refractivity contribution in [3.8, 4) is 0 Å². The van der Waals surface area contributed by atoms with E-state index in [2.05, 4.69) is 44.3 Å². The van der Waals surface area contributed by atoms with Gasteiger partial charge >= 0.3 is 0 Å². The minimum absolute atomic E-state index is 0.385. The summed E-state index contributed by atoms with van der Waals surface area (Å²) in [5.41, 5.74) is 4.90. The van der Waals surface area contributed by atoms with Crippen molar-refractivity contribution in [2.75, 3.05) is 6.54 Å². The van der Waals surface area contributed by atoms with Gasteiger partial charge in [-0.05, 0) is 41.5 Å². The average molecular weight is 203 g/mol. The van der Waals surface area contributed by atoms with E-state index < -0.39 is 0 Å². The molecule has 1 heteroatoms. The van der Waals surface area contributed by atoms with E-state index in [1.165, 1.54) is 29.5 Å². The number of fused-ring (bicyclic) bond motifs is 1. The van der Waals surface area contributed by atoms with Crippen LogP contribution in [0.5, 0.6) is 0 Å². The van der Waals surface area contributed by atoms with Crippen LogP contribution in [0.4, 0.5) is 0 Å². The predicted molar refractivity (Wildman–Crippen MR) is 65.0 cm³/mol. The molecule has 0 amide bonds. The second-order valence-corrected chi connectivity index (χ2v) is 5.77. The monoisotopic (exact) mass is 203 g/mol. The number of nitrogens with one attached hydrogen (secondary N) is 1. The third kappa shape index (κ3) is 2.82. The van der Waals surface area contributed by atoms with Crippen molar-refractivity contribution in [3.63, 3.8) is 0 Å². The van der Waals surface area contributed by atoms with Gasteiger partial charge in [-0.1, -0.05) is 39.0 Å². The Morgan fingerprint density at radius 1 is 1.20 bits per heavy atom. The summed E-state index contributed by atoms with van der Waals surface area (Å²) in [5, 5.41) is 3.43. The van der Waals surface area contributed by atoms with E-state index in [4.69, 9.17) is 0 Å². The molecular formula is C14H21N. The summed E-state index contributed by atoms with van der Waals surface area (Å²) in [6.45, 7) is 9.07. The number of hydrogen-bond acceptors (Lipinski definition) is 1. The fraction of sp³-hybridized carbons (Fsp3) is 0.571. The number of rotatable bonds is 1. The number of hydrogen-bond donors (Lipinski definition) is 1. The predicted octanol–water partition coefficient (Wildman–Crippen LogP) is 2.92. The first kappa shape index (κ1) is 10.7. The Morgan fingerprint density at radius 3 is 2.73 bits per heavy atom. The highest BCUT2D eigenvalue weighted by atomic mass is 14.9. The van der Waals surface area contributed by atoms with Crippen molar-refractivity contribution in [1.82, 2.24) is 5.32 Å². The van der Waals surface area contributed by atoms with Gasteiger partial charge in [-0.2, -0.15) is 0 Å². The molecule has 1 aromatic rings. The van der Waals surface area contributed by atoms with Crippen LogP contribution in [0.15, 0.2) is 18.2 Å². The lowest BCUT2D eigenvalue weighted by atomic mass is 9.86. The summed E-state index contributed by atoms with van der Waals surface area (Å²) in [6, 6.07) is 7.00. The Balaban J connectivity index is 2.21. The van der Waals surface area contributed by atoms with Crippen LogP contribution in [0.25, 0.3) is 0 Å². The third-order valence-corrected chi connectivity index (χ3v) is 2.89. The zero-order chi connectivity index (χ0) is 10.9. The van der Waals surface area contributed by atoms with Crippen molar-refractivity contribution in [1.29, 1.82) is 0 Å². The van der Waals surface area contributed by atoms with E-state index in [0.717, 1.165) is 13.1 Å². The Bertz CT molecular complexity index is 347. The summed E-state index contributed by atoms with van der Waals surface area (Å²) in [6.07, 6.45) is 2.35. The van der Waals surface area contributed by atoms with E-state index in [1.807, 2.05) is 0 Å². The first-order valence-electron chi connectivity index (χ1n) is 5.86. The molecule has 1 aromatic carbocycles. The molecule has 1 aliphatic heterocycles. The standard InChI is InChI=1S/C14H21N/c1-14(2,3)9-11-4-5-12-6-7-15-10-13(12)8-11/h4-5,8,15H,6-7,9-10H2,1-3H3. The van der Waals surface area contributed by atoms with E-state index in [-0.39, 0.29) is 0 Å². The lowest BCUT2D eigenvalue weighted by Crippen LogP contribution is -2.23. The molecule has 2 rings (SSSR count). The van der Waals surface area contributed by atoms with Crippen LogP contribution in [-0.2, 0) is 19.4 Å². The van der Waals surface area contributed by atoms with E-state index >= 15 is 0 Å². The zero-order valence-corrected chi connectivity index (χ0v) is 10.1. The van der Waals surface area contributed by atoms with E-state index in [0.29, 0.717) is 5.41 Å². The van der Waals surface area contributed by atoms with Gasteiger partial charge in [-0.25, -0.2) is 0 Å². The molecule has 0 radical (unpaired) electrons. The first-order chi connectivity index (χ1) is 7.04. The Morgan fingerprint density at radius 2 is 2.00 bits per heavy atom. The van der Waals surface area contributed by atoms with Crippen molar-refractivity contribution >= 4 is 0 Å². The molecule has 1 N–H and O–H groups in total. The summed E-state index contributed by atoms with van der Waals surface area (Å²) < 4.78 is 0. The second kappa shape index (κ2) is 3.97. The smallest absolute Gasteiger partial charge is 0.0208 e. The topological polar surface area (TPSA) is 12.0 Å². The number of benzene rings is 1. The summed E-state index contributed by atoms with van der Waals surface area (Å²) >= 11 is 0. The van der Waals surface area contributed by atoms with Crippen LogP contribution in [0, 0.1) is 5.41 Å². The summed E-state index contributed by atoms with van der Waals surface area (Å²) in [4.78, 5) is 0. The van der Waals surface area contributed by atoms with Crippen molar-refractivity contribution < 1.29 is 0 Å². The maximum absolute atomic E-state index is 3.43. The van der Waals surface area contributed by atoms with Gasteiger partial charge in [0.15, 0.2) is 0 Å². The van der Waals surface area contributed by atoms with Crippen molar-refractivity contribution in [3.05, 3.63) is 34.9 Å². The molecule has 0 spiro atoms. The van der Waals surface area contributed by atoms with Gasteiger partial charge in [0.25, 0.3) is 0 Å². The van der Waals surface area contributed by atoms with Gasteiger partial charge < -0.3 is 5.32 Å². The molecule has 0 fully saturated rings. The maximum Gasteiger partial charge on any atom is 0.0208 e. The van der Waals surface area contributed by atoms with Crippen LogP contribution >= 0.6 is 0 Å². The normalized spacial score (nSPS) is 16.2. The second-order valence-electron chi connectivity index (χ2n) is 5.77. The maximum atomic E-state index is 3.43. The van der Waals surface area contributed by atoms with Gasteiger partial charge in [0.05, 0.1) is 0 Å². The van der Waals surface area contributed by atoms with Gasteiger partial charge in [0.2, 0.25) is 0 Å². The molecule has 0 saturated carbocycles. The lowest BCUT2D eigenvalue weighted by Gasteiger charge is -2.21. The zero-order valence-electron chi connectivity index (χ0n) is 10.1. The molecule has 0 unspecified atom stereocenters. The highest BCUT2D eigenvalue weighted by Crippen LogP contribution is 2.23. The van der Waals surface area contributed by atoms with Crippen LogP contribution in [0.2, 0.25) is 0 Å². The molecule has 0 aliphatic carbocycles. The molecule has 1 heterocycles. The molecule has 82 valence electrons. The fourth-order valence-corrected chi connectivity index (χ4v) is 2.26. The minimum Gasteiger partial charge on any atom is -0.312 e. The molecule has 0 atom stereocenters. The summed E-state index contributed by atoms with van der Waals surface area (Å²) in [7, 11) is 0. The van der Waals surface area contributed by atoms with E-state index in [9.17, 15) is 0 Å². The van der Waals surface area contributed by atoms with Crippen molar-refractivity contribution in [2.24, 2.45) is 5.41 Å².